The number of hydrogen-bond donors (Lipinski definition) is 2. The smallest absolute Gasteiger partial charge is 0.255 e. The summed E-state index contributed by atoms with van der Waals surface area (Å²) in [6, 6.07) is 7.07. The molecule has 2 fully saturated rings. The largest absolute Gasteiger partial charge is 0.496 e. The summed E-state index contributed by atoms with van der Waals surface area (Å²) < 4.78 is 10.7. The van der Waals surface area contributed by atoms with E-state index in [0.29, 0.717) is 24.4 Å². The molecule has 0 unspecified atom stereocenters. The predicted molar refractivity (Wildman–Crippen MR) is 111 cm³/mol. The highest BCUT2D eigenvalue weighted by Gasteiger charge is 2.38. The van der Waals surface area contributed by atoms with Crippen LogP contribution in [-0.4, -0.2) is 68.8 Å². The lowest BCUT2D eigenvalue weighted by atomic mass is 9.79. The van der Waals surface area contributed by atoms with Crippen LogP contribution in [0.5, 0.6) is 5.75 Å². The minimum atomic E-state index is -0.229. The molecule has 1 aromatic carbocycles. The molecule has 29 heavy (non-hydrogen) atoms. The Labute approximate surface area is 173 Å². The van der Waals surface area contributed by atoms with Crippen molar-refractivity contribution in [3.8, 4) is 5.75 Å². The minimum absolute atomic E-state index is 0.0245. The van der Waals surface area contributed by atoms with Gasteiger partial charge in [-0.05, 0) is 25.0 Å². The van der Waals surface area contributed by atoms with E-state index in [2.05, 4.69) is 15.5 Å². The zero-order chi connectivity index (χ0) is 20.5. The number of ether oxygens (including phenoxy) is 2. The van der Waals surface area contributed by atoms with Crippen LogP contribution >= 0.6 is 0 Å². The number of carbonyl (C=O) groups excluding carboxylic acids is 2. The molecule has 3 rings (SSSR count). The van der Waals surface area contributed by atoms with Crippen molar-refractivity contribution in [2.45, 2.75) is 44.1 Å². The standard InChI is InChI=1S/C22H33N3O4/c1-28-19-8-4-3-7-18(19)21(27)23-12-9-20(26)24-17-22(10-5-2-6-11-22)25-13-15-29-16-14-25/h3-4,7-8H,2,5-6,9-17H2,1H3,(H,23,27)(H,24,26). The van der Waals surface area contributed by atoms with Crippen molar-refractivity contribution in [2.75, 3.05) is 46.5 Å². The Bertz CT molecular complexity index is 682. The Morgan fingerprint density at radius 2 is 1.83 bits per heavy atom. The number of benzene rings is 1. The summed E-state index contributed by atoms with van der Waals surface area (Å²) in [7, 11) is 1.54. The van der Waals surface area contributed by atoms with Crippen LogP contribution in [0.4, 0.5) is 0 Å². The molecule has 1 aliphatic carbocycles. The van der Waals surface area contributed by atoms with Crippen molar-refractivity contribution in [1.29, 1.82) is 0 Å². The van der Waals surface area contributed by atoms with Gasteiger partial charge in [-0.3, -0.25) is 14.5 Å². The third kappa shape index (κ3) is 5.70. The molecule has 1 saturated heterocycles. The van der Waals surface area contributed by atoms with E-state index in [1.807, 2.05) is 6.07 Å². The number of hydrogen-bond acceptors (Lipinski definition) is 5. The zero-order valence-corrected chi connectivity index (χ0v) is 17.4. The van der Waals surface area contributed by atoms with E-state index >= 15 is 0 Å². The number of morpholine rings is 1. The molecule has 7 heteroatoms. The van der Waals surface area contributed by atoms with Crippen LogP contribution in [0.15, 0.2) is 24.3 Å². The Hall–Kier alpha value is -2.12. The number of para-hydroxylation sites is 1. The molecular weight excluding hydrogens is 370 g/mol. The summed E-state index contributed by atoms with van der Waals surface area (Å²) in [5.41, 5.74) is 0.530. The van der Waals surface area contributed by atoms with Gasteiger partial charge in [0.15, 0.2) is 0 Å². The molecule has 2 aliphatic rings. The van der Waals surface area contributed by atoms with Crippen LogP contribution in [0, 0.1) is 0 Å². The number of methoxy groups -OCH3 is 1. The van der Waals surface area contributed by atoms with Crippen LogP contribution < -0.4 is 15.4 Å². The third-order valence-corrected chi connectivity index (χ3v) is 6.07. The van der Waals surface area contributed by atoms with Crippen molar-refractivity contribution in [2.24, 2.45) is 0 Å². The van der Waals surface area contributed by atoms with Crippen LogP contribution in [0.25, 0.3) is 0 Å². The first-order valence-corrected chi connectivity index (χ1v) is 10.7. The first-order chi connectivity index (χ1) is 14.1. The SMILES string of the molecule is COc1ccccc1C(=O)NCCC(=O)NCC1(N2CCOCC2)CCCCC1. The fourth-order valence-corrected chi connectivity index (χ4v) is 4.42. The van der Waals surface area contributed by atoms with Gasteiger partial charge >= 0.3 is 0 Å². The topological polar surface area (TPSA) is 79.9 Å². The normalized spacial score (nSPS) is 19.3. The highest BCUT2D eigenvalue weighted by Crippen LogP contribution is 2.33. The van der Waals surface area contributed by atoms with Gasteiger partial charge in [-0.15, -0.1) is 0 Å². The Morgan fingerprint density at radius 1 is 1.10 bits per heavy atom. The number of rotatable bonds is 8. The molecule has 7 nitrogen and oxygen atoms in total. The van der Waals surface area contributed by atoms with Crippen molar-refractivity contribution in [3.63, 3.8) is 0 Å². The summed E-state index contributed by atoms with van der Waals surface area (Å²) >= 11 is 0. The quantitative estimate of drug-likeness (QED) is 0.694. The molecule has 2 N–H and O–H groups in total. The second-order valence-electron chi connectivity index (χ2n) is 7.87. The molecule has 1 heterocycles. The second-order valence-corrected chi connectivity index (χ2v) is 7.87. The number of carbonyl (C=O) groups is 2. The van der Waals surface area contributed by atoms with Crippen LogP contribution in [0.1, 0.15) is 48.9 Å². The molecule has 2 amide bonds. The number of nitrogens with one attached hydrogen (secondary N) is 2. The van der Waals surface area contributed by atoms with Gasteiger partial charge < -0.3 is 20.1 Å². The molecule has 1 aliphatic heterocycles. The maximum absolute atomic E-state index is 12.4. The zero-order valence-electron chi connectivity index (χ0n) is 17.4. The summed E-state index contributed by atoms with van der Waals surface area (Å²) in [6.45, 7) is 4.38. The summed E-state index contributed by atoms with van der Waals surface area (Å²) in [5.74, 6) is 0.273. The van der Waals surface area contributed by atoms with Gasteiger partial charge in [-0.2, -0.15) is 0 Å². The monoisotopic (exact) mass is 403 g/mol. The van der Waals surface area contributed by atoms with Crippen molar-refractivity contribution >= 4 is 11.8 Å². The lowest BCUT2D eigenvalue weighted by Gasteiger charge is -2.48. The average molecular weight is 404 g/mol. The van der Waals surface area contributed by atoms with Gasteiger partial charge in [0.05, 0.1) is 25.9 Å². The molecule has 0 bridgehead atoms. The molecule has 1 aromatic rings. The van der Waals surface area contributed by atoms with Crippen molar-refractivity contribution in [3.05, 3.63) is 29.8 Å². The summed E-state index contributed by atoms with van der Waals surface area (Å²) in [6.07, 6.45) is 6.20. The van der Waals surface area contributed by atoms with E-state index in [4.69, 9.17) is 9.47 Å². The molecule has 0 atom stereocenters. The van der Waals surface area contributed by atoms with E-state index in [0.717, 1.165) is 39.1 Å². The van der Waals surface area contributed by atoms with Crippen molar-refractivity contribution < 1.29 is 19.1 Å². The fraction of sp³-hybridized carbons (Fsp3) is 0.636. The maximum Gasteiger partial charge on any atom is 0.255 e. The van der Waals surface area contributed by atoms with Gasteiger partial charge in [0.25, 0.3) is 5.91 Å². The van der Waals surface area contributed by atoms with Crippen LogP contribution in [0.3, 0.4) is 0 Å². The maximum atomic E-state index is 12.4. The van der Waals surface area contributed by atoms with Crippen molar-refractivity contribution in [1.82, 2.24) is 15.5 Å². The average Bonchev–Trinajstić information content (AvgIpc) is 2.79. The van der Waals surface area contributed by atoms with E-state index in [1.54, 1.807) is 18.2 Å². The lowest BCUT2D eigenvalue weighted by Crippen LogP contribution is -2.59. The third-order valence-electron chi connectivity index (χ3n) is 6.07. The molecule has 1 saturated carbocycles. The summed E-state index contributed by atoms with van der Waals surface area (Å²) in [5, 5.41) is 5.94. The molecule has 0 spiro atoms. The van der Waals surface area contributed by atoms with E-state index in [9.17, 15) is 9.59 Å². The minimum Gasteiger partial charge on any atom is -0.496 e. The fourth-order valence-electron chi connectivity index (χ4n) is 4.42. The molecule has 0 radical (unpaired) electrons. The Kier molecular flexibility index (Phi) is 7.89. The Balaban J connectivity index is 1.46. The first-order valence-electron chi connectivity index (χ1n) is 10.7. The van der Waals surface area contributed by atoms with Crippen LogP contribution in [0.2, 0.25) is 0 Å². The van der Waals surface area contributed by atoms with Crippen LogP contribution in [-0.2, 0) is 9.53 Å². The van der Waals surface area contributed by atoms with Gasteiger partial charge in [-0.1, -0.05) is 31.4 Å². The first kappa shape index (κ1) is 21.6. The number of amides is 2. The van der Waals surface area contributed by atoms with Gasteiger partial charge in [-0.25, -0.2) is 0 Å². The number of nitrogens with zero attached hydrogens (tertiary/aromatic N) is 1. The predicted octanol–water partition coefficient (Wildman–Crippen LogP) is 1.97. The van der Waals surface area contributed by atoms with Gasteiger partial charge in [0, 0.05) is 38.1 Å². The van der Waals surface area contributed by atoms with E-state index in [1.165, 1.54) is 26.4 Å². The molecular formula is C22H33N3O4. The Morgan fingerprint density at radius 3 is 2.55 bits per heavy atom. The summed E-state index contributed by atoms with van der Waals surface area (Å²) in [4.78, 5) is 27.3. The van der Waals surface area contributed by atoms with E-state index < -0.39 is 0 Å². The second kappa shape index (κ2) is 10.6. The van der Waals surface area contributed by atoms with Gasteiger partial charge in [0.1, 0.15) is 5.75 Å². The lowest BCUT2D eigenvalue weighted by molar-refractivity contribution is -0.122. The highest BCUT2D eigenvalue weighted by molar-refractivity contribution is 5.97. The molecule has 0 aromatic heterocycles. The van der Waals surface area contributed by atoms with E-state index in [-0.39, 0.29) is 23.8 Å². The molecule has 160 valence electrons. The highest BCUT2D eigenvalue weighted by atomic mass is 16.5. The van der Waals surface area contributed by atoms with Gasteiger partial charge in [0.2, 0.25) is 5.91 Å².